The molecule has 2 atom stereocenters. The van der Waals surface area contributed by atoms with Crippen molar-refractivity contribution in [3.8, 4) is 0 Å². The molecule has 3 N–H and O–H groups in total. The van der Waals surface area contributed by atoms with Crippen LogP contribution in [0.2, 0.25) is 0 Å². The number of Topliss-reactive ketones (excluding diaryl/α,β-unsaturated/α-hetero) is 1. The van der Waals surface area contributed by atoms with Gasteiger partial charge in [-0.25, -0.2) is 0 Å². The fourth-order valence-electron chi connectivity index (χ4n) is 3.71. The maximum atomic E-state index is 12.8. The molecule has 11 heteroatoms. The summed E-state index contributed by atoms with van der Waals surface area (Å²) in [4.78, 5) is 65.4. The highest BCUT2D eigenvalue weighted by molar-refractivity contribution is 14.1. The van der Waals surface area contributed by atoms with E-state index in [1.807, 2.05) is 43.4 Å². The molecule has 4 amide bonds. The summed E-state index contributed by atoms with van der Waals surface area (Å²) in [5, 5.41) is 2.35. The number of ketones is 1. The van der Waals surface area contributed by atoms with Crippen molar-refractivity contribution < 1.29 is 24.0 Å². The van der Waals surface area contributed by atoms with Crippen molar-refractivity contribution >= 4 is 63.8 Å². The molecule has 1 aliphatic rings. The van der Waals surface area contributed by atoms with Gasteiger partial charge >= 0.3 is 0 Å². The number of imide groups is 1. The molecule has 1 fully saturated rings. The maximum absolute atomic E-state index is 12.8. The minimum absolute atomic E-state index is 0.0506. The van der Waals surface area contributed by atoms with Gasteiger partial charge in [0.05, 0.1) is 8.67 Å². The molecule has 0 bridgehead atoms. The molecule has 0 spiro atoms. The van der Waals surface area contributed by atoms with E-state index in [1.165, 1.54) is 21.6 Å². The van der Waals surface area contributed by atoms with Crippen LogP contribution in [0.1, 0.15) is 73.1 Å². The van der Waals surface area contributed by atoms with Crippen LogP contribution < -0.4 is 11.1 Å². The molecule has 1 aliphatic heterocycles. The van der Waals surface area contributed by atoms with Gasteiger partial charge in [-0.15, -0.1) is 11.8 Å². The Morgan fingerprint density at radius 2 is 1.80 bits per heavy atom. The fraction of sp³-hybridized carbons (Fsp3) is 0.792. The lowest BCUT2D eigenvalue weighted by Gasteiger charge is -2.30. The first-order valence-corrected chi connectivity index (χ1v) is 14.2. The topological polar surface area (TPSA) is 130 Å². The summed E-state index contributed by atoms with van der Waals surface area (Å²) in [6.45, 7) is 9.67. The van der Waals surface area contributed by atoms with Crippen molar-refractivity contribution in [3.05, 3.63) is 0 Å². The van der Waals surface area contributed by atoms with Crippen LogP contribution in [0.5, 0.6) is 0 Å². The number of likely N-dealkylation sites (N-methyl/N-ethyl adjacent to an activating group) is 1. The Kier molecular flexibility index (Phi) is 12.7. The lowest BCUT2D eigenvalue weighted by atomic mass is 9.99. The van der Waals surface area contributed by atoms with Crippen molar-refractivity contribution in [2.75, 3.05) is 25.9 Å². The zero-order chi connectivity index (χ0) is 27.0. The number of rotatable bonds is 14. The summed E-state index contributed by atoms with van der Waals surface area (Å²) in [7, 11) is 1.56. The number of hydrogen-bond acceptors (Lipinski definition) is 7. The first kappa shape index (κ1) is 31.8. The molecule has 2 unspecified atom stereocenters. The number of amides is 4. The largest absolute Gasteiger partial charge is 0.353 e. The van der Waals surface area contributed by atoms with Gasteiger partial charge in [0.2, 0.25) is 23.6 Å². The van der Waals surface area contributed by atoms with Crippen LogP contribution in [0.4, 0.5) is 0 Å². The minimum Gasteiger partial charge on any atom is -0.353 e. The Hall–Kier alpha value is -1.21. The normalized spacial score (nSPS) is 17.5. The number of unbranched alkanes of at least 4 members (excludes halogenated alkanes) is 2. The molecule has 0 saturated carbocycles. The van der Waals surface area contributed by atoms with Crippen molar-refractivity contribution in [2.45, 2.75) is 93.4 Å². The van der Waals surface area contributed by atoms with Gasteiger partial charge in [-0.2, -0.15) is 0 Å². The van der Waals surface area contributed by atoms with Crippen molar-refractivity contribution in [1.29, 1.82) is 0 Å². The summed E-state index contributed by atoms with van der Waals surface area (Å²) in [5.41, 5.74) is 4.96. The number of carbonyl (C=O) groups is 5. The van der Waals surface area contributed by atoms with E-state index in [2.05, 4.69) is 5.32 Å². The van der Waals surface area contributed by atoms with Crippen molar-refractivity contribution in [1.82, 2.24) is 15.1 Å². The molecule has 0 aliphatic carbocycles. The van der Waals surface area contributed by atoms with Crippen LogP contribution in [0.25, 0.3) is 0 Å². The molecular weight excluding hydrogens is 583 g/mol. The Labute approximate surface area is 227 Å². The third kappa shape index (κ3) is 9.99. The van der Waals surface area contributed by atoms with Crippen LogP contribution in [0.3, 0.4) is 0 Å². The average Bonchev–Trinajstić information content (AvgIpc) is 3.04. The number of carbonyl (C=O) groups excluding carboxylic acids is 5. The minimum atomic E-state index is -0.872. The van der Waals surface area contributed by atoms with Crippen LogP contribution in [-0.2, 0) is 24.0 Å². The number of thioether (sulfide) groups is 1. The average molecular weight is 625 g/mol. The summed E-state index contributed by atoms with van der Waals surface area (Å²) >= 11 is 3.53. The molecule has 9 nitrogen and oxygen atoms in total. The van der Waals surface area contributed by atoms with E-state index in [0.717, 1.165) is 18.6 Å². The molecule has 1 heterocycles. The third-order valence-electron chi connectivity index (χ3n) is 5.78. The molecule has 200 valence electrons. The van der Waals surface area contributed by atoms with Crippen molar-refractivity contribution in [3.63, 3.8) is 0 Å². The SMILES string of the molecule is CN(C(=O)CCCCCSC1CC(=O)N(C(C)(C)C)C1=O)C(CC(=O)C(C)(C)I)C(=O)NCCN. The first-order valence-electron chi connectivity index (χ1n) is 12.1. The Morgan fingerprint density at radius 1 is 1.17 bits per heavy atom. The highest BCUT2D eigenvalue weighted by atomic mass is 127. The molecule has 1 rings (SSSR count). The van der Waals surface area contributed by atoms with Gasteiger partial charge < -0.3 is 16.0 Å². The Balaban J connectivity index is 2.51. The second-order valence-electron chi connectivity index (χ2n) is 10.3. The molecular formula is C24H41IN4O5S. The van der Waals surface area contributed by atoms with E-state index in [1.54, 1.807) is 20.9 Å². The molecule has 0 aromatic carbocycles. The highest BCUT2D eigenvalue weighted by Crippen LogP contribution is 2.31. The number of hydrogen-bond donors (Lipinski definition) is 2. The van der Waals surface area contributed by atoms with Crippen LogP contribution in [0, 0.1) is 0 Å². The third-order valence-corrected chi connectivity index (χ3v) is 7.68. The number of halogens is 1. The molecule has 35 heavy (non-hydrogen) atoms. The standard InChI is InChI=1S/C24H41IN4O5S/c1-23(2,3)29-20(32)15-17(22(29)34)35-13-9-7-8-10-19(31)28(6)16(21(33)27-12-11-26)14-18(30)24(4,5)25/h16-17H,7-15,26H2,1-6H3,(H,27,33). The number of nitrogens with two attached hydrogens (primary N) is 1. The van der Waals surface area contributed by atoms with E-state index in [0.29, 0.717) is 6.42 Å². The molecule has 0 aromatic heterocycles. The Bertz CT molecular complexity index is 794. The quantitative estimate of drug-likeness (QED) is 0.131. The predicted molar refractivity (Wildman–Crippen MR) is 147 cm³/mol. The summed E-state index contributed by atoms with van der Waals surface area (Å²) in [6.07, 6.45) is 2.70. The van der Waals surface area contributed by atoms with E-state index in [4.69, 9.17) is 5.73 Å². The summed E-state index contributed by atoms with van der Waals surface area (Å²) in [5.74, 6) is -0.184. The second-order valence-corrected chi connectivity index (χ2v) is 14.3. The number of likely N-dealkylation sites (tertiary alicyclic amines) is 1. The maximum Gasteiger partial charge on any atom is 0.243 e. The predicted octanol–water partition coefficient (Wildman–Crippen LogP) is 2.28. The smallest absolute Gasteiger partial charge is 0.243 e. The molecule has 0 radical (unpaired) electrons. The van der Waals surface area contributed by atoms with Crippen LogP contribution in [0.15, 0.2) is 0 Å². The van der Waals surface area contributed by atoms with Gasteiger partial charge in [0, 0.05) is 44.9 Å². The number of alkyl halides is 1. The highest BCUT2D eigenvalue weighted by Gasteiger charge is 2.44. The van der Waals surface area contributed by atoms with Gasteiger partial charge in [-0.05, 0) is 53.2 Å². The molecule has 1 saturated heterocycles. The van der Waals surface area contributed by atoms with Crippen LogP contribution >= 0.6 is 34.4 Å². The van der Waals surface area contributed by atoms with E-state index in [-0.39, 0.29) is 67.0 Å². The van der Waals surface area contributed by atoms with Gasteiger partial charge in [0.25, 0.3) is 0 Å². The van der Waals surface area contributed by atoms with Crippen LogP contribution in [-0.4, -0.2) is 85.4 Å². The van der Waals surface area contributed by atoms with E-state index >= 15 is 0 Å². The van der Waals surface area contributed by atoms with Gasteiger partial charge in [-0.1, -0.05) is 29.0 Å². The fourth-order valence-corrected chi connectivity index (χ4v) is 5.09. The van der Waals surface area contributed by atoms with Gasteiger partial charge in [-0.3, -0.25) is 28.9 Å². The van der Waals surface area contributed by atoms with Crippen molar-refractivity contribution in [2.24, 2.45) is 5.73 Å². The second kappa shape index (κ2) is 13.9. The summed E-state index contributed by atoms with van der Waals surface area (Å²) < 4.78 is -0.638. The van der Waals surface area contributed by atoms with Gasteiger partial charge in [0.1, 0.15) is 6.04 Å². The molecule has 0 aromatic rings. The lowest BCUT2D eigenvalue weighted by Crippen LogP contribution is -2.50. The monoisotopic (exact) mass is 624 g/mol. The van der Waals surface area contributed by atoms with E-state index in [9.17, 15) is 24.0 Å². The number of nitrogens with one attached hydrogen (secondary N) is 1. The lowest BCUT2D eigenvalue weighted by molar-refractivity contribution is -0.143. The zero-order valence-electron chi connectivity index (χ0n) is 21.8. The number of nitrogens with zero attached hydrogens (tertiary/aromatic N) is 2. The van der Waals surface area contributed by atoms with Gasteiger partial charge in [0.15, 0.2) is 5.78 Å². The summed E-state index contributed by atoms with van der Waals surface area (Å²) in [6, 6.07) is -0.872. The Morgan fingerprint density at radius 3 is 2.31 bits per heavy atom. The first-order chi connectivity index (χ1) is 16.1. The zero-order valence-corrected chi connectivity index (χ0v) is 24.8. The van der Waals surface area contributed by atoms with E-state index < -0.39 is 15.0 Å².